The summed E-state index contributed by atoms with van der Waals surface area (Å²) in [5.41, 5.74) is 2.38. The molecule has 0 spiro atoms. The van der Waals surface area contributed by atoms with E-state index in [4.69, 9.17) is 0 Å². The lowest BCUT2D eigenvalue weighted by Crippen LogP contribution is -1.83. The van der Waals surface area contributed by atoms with Crippen LogP contribution in [0.4, 0.5) is 8.78 Å². The Kier molecular flexibility index (Phi) is 3.33. The topological polar surface area (TPSA) is 0 Å². The quantitative estimate of drug-likeness (QED) is 0.669. The summed E-state index contributed by atoms with van der Waals surface area (Å²) in [6, 6.07) is 11.0. The highest BCUT2D eigenvalue weighted by Gasteiger charge is 1.98. The van der Waals surface area contributed by atoms with Crippen LogP contribution in [0.25, 0.3) is 12.2 Å². The predicted molar refractivity (Wildman–Crippen MR) is 66.5 cm³/mol. The molecule has 86 valence electrons. The molecule has 0 unspecified atom stereocenters. The van der Waals surface area contributed by atoms with Crippen molar-refractivity contribution in [2.24, 2.45) is 0 Å². The Balaban J connectivity index is 2.25. The van der Waals surface area contributed by atoms with Crippen LogP contribution in [-0.4, -0.2) is 0 Å². The van der Waals surface area contributed by atoms with Crippen LogP contribution in [0, 0.1) is 18.6 Å². The summed E-state index contributed by atoms with van der Waals surface area (Å²) in [7, 11) is 0. The van der Waals surface area contributed by atoms with Gasteiger partial charge in [0.05, 0.1) is 0 Å². The fraction of sp³-hybridized carbons (Fsp3) is 0.0667. The molecule has 0 aliphatic carbocycles. The molecule has 0 saturated carbocycles. The van der Waals surface area contributed by atoms with Gasteiger partial charge in [-0.25, -0.2) is 8.78 Å². The zero-order valence-electron chi connectivity index (χ0n) is 9.45. The molecule has 0 fully saturated rings. The minimum absolute atomic E-state index is 0.256. The lowest BCUT2D eigenvalue weighted by molar-refractivity contribution is 0.624. The van der Waals surface area contributed by atoms with E-state index in [1.54, 1.807) is 36.4 Å². The Labute approximate surface area is 99.2 Å². The van der Waals surface area contributed by atoms with Crippen molar-refractivity contribution in [2.45, 2.75) is 6.92 Å². The van der Waals surface area contributed by atoms with Gasteiger partial charge in [-0.05, 0) is 36.8 Å². The van der Waals surface area contributed by atoms with Crippen LogP contribution in [-0.2, 0) is 0 Å². The fourth-order valence-electron chi connectivity index (χ4n) is 1.55. The maximum Gasteiger partial charge on any atom is 0.130 e. The Morgan fingerprint density at radius 2 is 1.59 bits per heavy atom. The van der Waals surface area contributed by atoms with Gasteiger partial charge in [-0.2, -0.15) is 0 Å². The van der Waals surface area contributed by atoms with Crippen LogP contribution < -0.4 is 0 Å². The minimum atomic E-state index is -0.274. The van der Waals surface area contributed by atoms with Gasteiger partial charge >= 0.3 is 0 Å². The molecule has 0 saturated heterocycles. The molecule has 2 rings (SSSR count). The second kappa shape index (κ2) is 4.91. The molecule has 0 radical (unpaired) electrons. The lowest BCUT2D eigenvalue weighted by Gasteiger charge is -1.99. The molecule has 0 N–H and O–H groups in total. The highest BCUT2D eigenvalue weighted by atomic mass is 19.1. The summed E-state index contributed by atoms with van der Waals surface area (Å²) in [5.74, 6) is -0.530. The SMILES string of the molecule is Cc1ccc(F)c(/C=C/c2ccc(F)cc2)c1. The molecule has 0 aliphatic rings. The predicted octanol–water partition coefficient (Wildman–Crippen LogP) is 4.44. The summed E-state index contributed by atoms with van der Waals surface area (Å²) < 4.78 is 26.1. The largest absolute Gasteiger partial charge is 0.207 e. The second-order valence-corrected chi connectivity index (χ2v) is 3.91. The molecule has 0 aliphatic heterocycles. The van der Waals surface area contributed by atoms with E-state index in [1.165, 1.54) is 18.2 Å². The summed E-state index contributed by atoms with van der Waals surface area (Å²) in [6.07, 6.45) is 3.45. The highest BCUT2D eigenvalue weighted by Crippen LogP contribution is 2.14. The Morgan fingerprint density at radius 1 is 0.882 bits per heavy atom. The van der Waals surface area contributed by atoms with Gasteiger partial charge in [-0.1, -0.05) is 35.9 Å². The van der Waals surface area contributed by atoms with E-state index in [1.807, 2.05) is 6.92 Å². The van der Waals surface area contributed by atoms with E-state index in [2.05, 4.69) is 0 Å². The Morgan fingerprint density at radius 3 is 2.29 bits per heavy atom. The number of aryl methyl sites for hydroxylation is 1. The molecule has 17 heavy (non-hydrogen) atoms. The lowest BCUT2D eigenvalue weighted by atomic mass is 10.1. The third kappa shape index (κ3) is 3.00. The van der Waals surface area contributed by atoms with Gasteiger partial charge in [0.2, 0.25) is 0 Å². The van der Waals surface area contributed by atoms with Crippen molar-refractivity contribution < 1.29 is 8.78 Å². The van der Waals surface area contributed by atoms with Crippen molar-refractivity contribution in [3.63, 3.8) is 0 Å². The maximum atomic E-state index is 13.4. The van der Waals surface area contributed by atoms with Gasteiger partial charge in [0.25, 0.3) is 0 Å². The molecule has 0 heterocycles. The molecule has 0 aromatic heterocycles. The summed E-state index contributed by atoms with van der Waals surface area (Å²) in [4.78, 5) is 0. The first-order chi connectivity index (χ1) is 8.15. The Bertz CT molecular complexity index is 539. The monoisotopic (exact) mass is 230 g/mol. The van der Waals surface area contributed by atoms with E-state index in [-0.39, 0.29) is 11.6 Å². The van der Waals surface area contributed by atoms with Crippen LogP contribution in [0.2, 0.25) is 0 Å². The minimum Gasteiger partial charge on any atom is -0.207 e. The van der Waals surface area contributed by atoms with E-state index < -0.39 is 0 Å². The normalized spacial score (nSPS) is 11.0. The zero-order valence-corrected chi connectivity index (χ0v) is 9.45. The Hall–Kier alpha value is -1.96. The van der Waals surface area contributed by atoms with Crippen molar-refractivity contribution in [1.82, 2.24) is 0 Å². The number of hydrogen-bond acceptors (Lipinski definition) is 0. The van der Waals surface area contributed by atoms with Gasteiger partial charge in [0.15, 0.2) is 0 Å². The maximum absolute atomic E-state index is 13.4. The molecular weight excluding hydrogens is 218 g/mol. The molecule has 0 bridgehead atoms. The number of benzene rings is 2. The van der Waals surface area contributed by atoms with Crippen LogP contribution in [0.1, 0.15) is 16.7 Å². The first-order valence-corrected chi connectivity index (χ1v) is 5.35. The van der Waals surface area contributed by atoms with Crippen LogP contribution in [0.5, 0.6) is 0 Å². The van der Waals surface area contributed by atoms with Crippen molar-refractivity contribution >= 4 is 12.2 Å². The third-order valence-electron chi connectivity index (χ3n) is 2.48. The number of hydrogen-bond donors (Lipinski definition) is 0. The molecule has 2 aromatic carbocycles. The van der Waals surface area contributed by atoms with Crippen LogP contribution >= 0.6 is 0 Å². The zero-order chi connectivity index (χ0) is 12.3. The molecule has 2 heteroatoms. The first-order valence-electron chi connectivity index (χ1n) is 5.35. The summed E-state index contributed by atoms with van der Waals surface area (Å²) >= 11 is 0. The first kappa shape index (κ1) is 11.5. The third-order valence-corrected chi connectivity index (χ3v) is 2.48. The molecule has 0 amide bonds. The molecule has 2 aromatic rings. The van der Waals surface area contributed by atoms with Gasteiger partial charge in [0, 0.05) is 5.56 Å². The van der Waals surface area contributed by atoms with E-state index >= 15 is 0 Å². The number of halogens is 2. The van der Waals surface area contributed by atoms with Crippen molar-refractivity contribution in [2.75, 3.05) is 0 Å². The highest BCUT2D eigenvalue weighted by molar-refractivity contribution is 5.70. The van der Waals surface area contributed by atoms with Crippen molar-refractivity contribution in [1.29, 1.82) is 0 Å². The average Bonchev–Trinajstić information content (AvgIpc) is 2.32. The second-order valence-electron chi connectivity index (χ2n) is 3.91. The van der Waals surface area contributed by atoms with Gasteiger partial charge in [-0.3, -0.25) is 0 Å². The van der Waals surface area contributed by atoms with E-state index in [9.17, 15) is 8.78 Å². The van der Waals surface area contributed by atoms with Crippen molar-refractivity contribution in [3.05, 3.63) is 70.8 Å². The smallest absolute Gasteiger partial charge is 0.130 e. The fourth-order valence-corrected chi connectivity index (χ4v) is 1.55. The molecular formula is C15H12F2. The van der Waals surface area contributed by atoms with Gasteiger partial charge in [0.1, 0.15) is 11.6 Å². The van der Waals surface area contributed by atoms with Crippen LogP contribution in [0.3, 0.4) is 0 Å². The van der Waals surface area contributed by atoms with E-state index in [0.717, 1.165) is 11.1 Å². The van der Waals surface area contributed by atoms with E-state index in [0.29, 0.717) is 5.56 Å². The summed E-state index contributed by atoms with van der Waals surface area (Å²) in [6.45, 7) is 1.91. The standard InChI is InChI=1S/C15H12F2/c1-11-2-9-15(17)13(10-11)6-3-12-4-7-14(16)8-5-12/h2-10H,1H3/b6-3+. The van der Waals surface area contributed by atoms with Crippen molar-refractivity contribution in [3.8, 4) is 0 Å². The average molecular weight is 230 g/mol. The molecule has 0 atom stereocenters. The summed E-state index contributed by atoms with van der Waals surface area (Å²) in [5, 5.41) is 0. The molecule has 0 nitrogen and oxygen atoms in total. The van der Waals surface area contributed by atoms with Gasteiger partial charge < -0.3 is 0 Å². The van der Waals surface area contributed by atoms with Gasteiger partial charge in [-0.15, -0.1) is 0 Å². The number of rotatable bonds is 2. The van der Waals surface area contributed by atoms with Crippen LogP contribution in [0.15, 0.2) is 42.5 Å².